The lowest BCUT2D eigenvalue weighted by Crippen LogP contribution is -2.52. The molecule has 0 unspecified atom stereocenters. The minimum absolute atomic E-state index is 0.109. The highest BCUT2D eigenvalue weighted by Gasteiger charge is 2.41. The Morgan fingerprint density at radius 2 is 1.08 bits per heavy atom. The van der Waals surface area contributed by atoms with E-state index in [0.29, 0.717) is 29.5 Å². The lowest BCUT2D eigenvalue weighted by molar-refractivity contribution is -0.176. The predicted octanol–water partition coefficient (Wildman–Crippen LogP) is 9.44. The number of aliphatic hydroxyl groups is 1. The number of hydrogen-bond donors (Lipinski definition) is 1. The van der Waals surface area contributed by atoms with Gasteiger partial charge in [0.25, 0.3) is 5.79 Å². The Labute approximate surface area is 320 Å². The molecule has 1 aliphatic heterocycles. The van der Waals surface area contributed by atoms with Crippen LogP contribution in [0, 0.1) is 0 Å². The van der Waals surface area contributed by atoms with Crippen LogP contribution < -0.4 is 0 Å². The number of likely N-dealkylation sites (tertiary alicyclic amines) is 1. The first kappa shape index (κ1) is 41.8. The lowest BCUT2D eigenvalue weighted by atomic mass is 9.79. The van der Waals surface area contributed by atoms with Gasteiger partial charge in [0.15, 0.2) is 11.6 Å². The highest BCUT2D eigenvalue weighted by molar-refractivity contribution is 7.98. The van der Waals surface area contributed by atoms with E-state index in [1.807, 2.05) is 91.0 Å². The van der Waals surface area contributed by atoms with Crippen molar-refractivity contribution in [2.75, 3.05) is 33.6 Å². The summed E-state index contributed by atoms with van der Waals surface area (Å²) in [4.78, 5) is 41.0. The van der Waals surface area contributed by atoms with E-state index < -0.39 is 11.4 Å². The molecule has 1 saturated heterocycles. The lowest BCUT2D eigenvalue weighted by Gasteiger charge is -2.39. The van der Waals surface area contributed by atoms with Crippen molar-refractivity contribution in [3.63, 3.8) is 0 Å². The van der Waals surface area contributed by atoms with Crippen LogP contribution in [0.1, 0.15) is 102 Å². The van der Waals surface area contributed by atoms with Gasteiger partial charge >= 0.3 is 0 Å². The molecule has 2 fully saturated rings. The maximum atomic E-state index is 12.7. The van der Waals surface area contributed by atoms with Gasteiger partial charge in [0.1, 0.15) is 5.60 Å². The van der Waals surface area contributed by atoms with Crippen molar-refractivity contribution in [3.05, 3.63) is 138 Å². The summed E-state index contributed by atoms with van der Waals surface area (Å²) in [6, 6.07) is 35.3. The zero-order valence-corrected chi connectivity index (χ0v) is 32.7. The van der Waals surface area contributed by atoms with E-state index in [-0.39, 0.29) is 22.9 Å². The fourth-order valence-electron chi connectivity index (χ4n) is 6.99. The first-order chi connectivity index (χ1) is 25.5. The summed E-state index contributed by atoms with van der Waals surface area (Å²) in [5, 5.41) is 10.2. The van der Waals surface area contributed by atoms with Crippen molar-refractivity contribution in [1.82, 2.24) is 4.90 Å². The molecule has 53 heavy (non-hydrogen) atoms. The average molecular weight is 738 g/mol. The Balaban J connectivity index is 0.000000179. The second-order valence-electron chi connectivity index (χ2n) is 14.0. The molecule has 8 heteroatoms. The van der Waals surface area contributed by atoms with Crippen molar-refractivity contribution in [1.29, 1.82) is 0 Å². The standard InChI is InChI=1S/C16H23NOS.C16H16O3.C13H16O2/c1-16(2,17-11-5-4-6-12-17)15(18)13-7-9-14(19-3)10-8-13;1-18-16(19-2,14-11-7-4-8-12-14)15(17)13-9-5-3-6-10-13;14-12(11-7-3-1-4-8-11)13(15)9-5-2-6-10-13/h7-10H,4-6,11-12H2,1-3H3;3-12H,1-2H3;1,3-4,7-8,15H,2,5-6,9-10H2. The molecule has 1 aliphatic carbocycles. The van der Waals surface area contributed by atoms with Crippen molar-refractivity contribution < 1.29 is 29.0 Å². The van der Waals surface area contributed by atoms with E-state index in [1.54, 1.807) is 36.0 Å². The Morgan fingerprint density at radius 3 is 1.57 bits per heavy atom. The third-order valence-electron chi connectivity index (χ3n) is 10.3. The molecule has 0 atom stereocenters. The molecule has 0 aromatic heterocycles. The molecule has 4 aromatic rings. The third kappa shape index (κ3) is 10.6. The summed E-state index contributed by atoms with van der Waals surface area (Å²) in [6.45, 7) is 6.20. The number of ether oxygens (including phenoxy) is 2. The zero-order valence-electron chi connectivity index (χ0n) is 31.9. The van der Waals surface area contributed by atoms with Crippen molar-refractivity contribution in [2.45, 2.75) is 87.0 Å². The van der Waals surface area contributed by atoms with Gasteiger partial charge in [-0.3, -0.25) is 19.3 Å². The number of Topliss-reactive ketones (excluding diaryl/α,β-unsaturated/α-hetero) is 3. The number of nitrogens with zero attached hydrogens (tertiary/aromatic N) is 1. The summed E-state index contributed by atoms with van der Waals surface area (Å²) >= 11 is 1.70. The monoisotopic (exact) mass is 737 g/mol. The number of carbonyl (C=O) groups is 3. The molecule has 0 spiro atoms. The maximum Gasteiger partial charge on any atom is 0.260 e. The van der Waals surface area contributed by atoms with Gasteiger partial charge in [0.2, 0.25) is 5.78 Å². The number of piperidine rings is 1. The zero-order chi connectivity index (χ0) is 38.3. The van der Waals surface area contributed by atoms with Crippen LogP contribution in [0.3, 0.4) is 0 Å². The number of methoxy groups -OCH3 is 2. The fraction of sp³-hybridized carbons (Fsp3) is 0.400. The van der Waals surface area contributed by atoms with Gasteiger partial charge < -0.3 is 14.6 Å². The molecule has 7 nitrogen and oxygen atoms in total. The molecular formula is C45H55NO6S. The summed E-state index contributed by atoms with van der Waals surface area (Å²) in [5.74, 6) is -1.49. The van der Waals surface area contributed by atoms with Crippen LogP contribution in [0.5, 0.6) is 0 Å². The van der Waals surface area contributed by atoms with Gasteiger partial charge in [-0.15, -0.1) is 11.8 Å². The molecular weight excluding hydrogens is 683 g/mol. The highest BCUT2D eigenvalue weighted by Crippen LogP contribution is 2.32. The van der Waals surface area contributed by atoms with E-state index in [9.17, 15) is 19.5 Å². The van der Waals surface area contributed by atoms with E-state index in [0.717, 1.165) is 37.9 Å². The van der Waals surface area contributed by atoms with Crippen molar-refractivity contribution in [3.8, 4) is 0 Å². The Morgan fingerprint density at radius 1 is 0.623 bits per heavy atom. The maximum absolute atomic E-state index is 12.7. The Bertz CT molecular complexity index is 1710. The Kier molecular flexibility index (Phi) is 15.7. The number of carbonyl (C=O) groups excluding carboxylic acids is 3. The summed E-state index contributed by atoms with van der Waals surface area (Å²) in [7, 11) is 2.94. The van der Waals surface area contributed by atoms with E-state index in [2.05, 4.69) is 25.0 Å². The minimum atomic E-state index is -1.40. The highest BCUT2D eigenvalue weighted by atomic mass is 32.2. The molecule has 0 bridgehead atoms. The van der Waals surface area contributed by atoms with Gasteiger partial charge in [0.05, 0.1) is 5.54 Å². The van der Waals surface area contributed by atoms with Crippen molar-refractivity contribution in [2.24, 2.45) is 0 Å². The van der Waals surface area contributed by atoms with E-state index in [1.165, 1.54) is 38.4 Å². The first-order valence-electron chi connectivity index (χ1n) is 18.5. The number of thioether (sulfide) groups is 1. The molecule has 1 heterocycles. The molecule has 0 amide bonds. The smallest absolute Gasteiger partial charge is 0.260 e. The summed E-state index contributed by atoms with van der Waals surface area (Å²) in [5.41, 5.74) is 1.19. The normalized spacial score (nSPS) is 15.9. The van der Waals surface area contributed by atoms with Crippen LogP contribution in [0.25, 0.3) is 0 Å². The second-order valence-corrected chi connectivity index (χ2v) is 14.9. The molecule has 4 aromatic carbocycles. The molecule has 1 saturated carbocycles. The van der Waals surface area contributed by atoms with Crippen LogP contribution in [-0.4, -0.2) is 72.1 Å². The third-order valence-corrected chi connectivity index (χ3v) is 11.0. The number of benzene rings is 4. The predicted molar refractivity (Wildman–Crippen MR) is 214 cm³/mol. The molecule has 282 valence electrons. The number of ketones is 3. The summed E-state index contributed by atoms with van der Waals surface area (Å²) in [6.07, 6.45) is 10.0. The van der Waals surface area contributed by atoms with Gasteiger partial charge in [-0.05, 0) is 71.0 Å². The van der Waals surface area contributed by atoms with Crippen LogP contribution in [0.2, 0.25) is 0 Å². The molecule has 0 radical (unpaired) electrons. The van der Waals surface area contributed by atoms with E-state index >= 15 is 0 Å². The molecule has 1 N–H and O–H groups in total. The SMILES string of the molecule is COC(OC)(C(=O)c1ccccc1)c1ccccc1.CSc1ccc(C(=O)C(C)(C)N2CCCCC2)cc1.O=C(c1ccccc1)C1(O)CCCCC1. The number of hydrogen-bond acceptors (Lipinski definition) is 8. The van der Waals surface area contributed by atoms with Gasteiger partial charge in [-0.1, -0.05) is 129 Å². The van der Waals surface area contributed by atoms with Crippen LogP contribution in [0.15, 0.2) is 120 Å². The number of rotatable bonds is 11. The Hall–Kier alpha value is -3.92. The largest absolute Gasteiger partial charge is 0.382 e. The summed E-state index contributed by atoms with van der Waals surface area (Å²) < 4.78 is 10.8. The fourth-order valence-corrected chi connectivity index (χ4v) is 7.39. The van der Waals surface area contributed by atoms with Crippen molar-refractivity contribution >= 4 is 29.1 Å². The van der Waals surface area contributed by atoms with E-state index in [4.69, 9.17) is 9.47 Å². The average Bonchev–Trinajstić information content (AvgIpc) is 3.23. The minimum Gasteiger partial charge on any atom is -0.382 e. The van der Waals surface area contributed by atoms with Crippen LogP contribution >= 0.6 is 11.8 Å². The first-order valence-corrected chi connectivity index (χ1v) is 19.8. The van der Waals surface area contributed by atoms with Crippen LogP contribution in [-0.2, 0) is 15.3 Å². The quantitative estimate of drug-likeness (QED) is 0.0925. The topological polar surface area (TPSA) is 93.1 Å². The second kappa shape index (κ2) is 20.0. The van der Waals surface area contributed by atoms with Gasteiger partial charge in [0, 0.05) is 41.4 Å². The van der Waals surface area contributed by atoms with Crippen LogP contribution in [0.4, 0.5) is 0 Å². The molecule has 6 rings (SSSR count). The van der Waals surface area contributed by atoms with Gasteiger partial charge in [-0.2, -0.15) is 0 Å². The van der Waals surface area contributed by atoms with Gasteiger partial charge in [-0.25, -0.2) is 0 Å². The molecule has 2 aliphatic rings.